The Kier molecular flexibility index (Phi) is 5.04. The maximum Gasteiger partial charge on any atom is 0.224 e. The Labute approximate surface area is 161 Å². The van der Waals surface area contributed by atoms with Gasteiger partial charge in [-0.2, -0.15) is 0 Å². The van der Waals surface area contributed by atoms with Crippen LogP contribution in [-0.2, 0) is 28.8 Å². The minimum Gasteiger partial charge on any atom is -0.352 e. The second kappa shape index (κ2) is 6.95. The van der Waals surface area contributed by atoms with Crippen molar-refractivity contribution in [3.8, 4) is 0 Å². The number of ether oxygens (including phenoxy) is 3. The molecular formula is C20H33NO6. The molecule has 27 heavy (non-hydrogen) atoms. The second-order valence-electron chi connectivity index (χ2n) is 9.18. The highest BCUT2D eigenvalue weighted by Crippen LogP contribution is 2.60. The summed E-state index contributed by atoms with van der Waals surface area (Å²) in [5.41, 5.74) is -0.563. The summed E-state index contributed by atoms with van der Waals surface area (Å²) in [6, 6.07) is 0. The number of amides is 1. The number of carbonyl (C=O) groups excluding carboxylic acids is 1. The van der Waals surface area contributed by atoms with Crippen molar-refractivity contribution >= 4 is 5.91 Å². The van der Waals surface area contributed by atoms with Gasteiger partial charge in [0.15, 0.2) is 18.2 Å². The van der Waals surface area contributed by atoms with E-state index in [2.05, 4.69) is 13.8 Å². The molecule has 0 radical (unpaired) electrons. The molecule has 1 spiro atoms. The van der Waals surface area contributed by atoms with Gasteiger partial charge in [-0.05, 0) is 38.0 Å². The summed E-state index contributed by atoms with van der Waals surface area (Å²) in [5.74, 6) is 0.556. The van der Waals surface area contributed by atoms with E-state index < -0.39 is 24.0 Å². The smallest absolute Gasteiger partial charge is 0.224 e. The minimum atomic E-state index is -0.774. The van der Waals surface area contributed by atoms with Crippen LogP contribution in [0.2, 0.25) is 0 Å². The lowest BCUT2D eigenvalue weighted by Crippen LogP contribution is -2.70. The molecule has 8 atom stereocenters. The highest BCUT2D eigenvalue weighted by molar-refractivity contribution is 5.75. The predicted molar refractivity (Wildman–Crippen MR) is 96.1 cm³/mol. The van der Waals surface area contributed by atoms with E-state index in [0.29, 0.717) is 24.9 Å². The summed E-state index contributed by atoms with van der Waals surface area (Å²) in [6.07, 6.45) is 3.47. The van der Waals surface area contributed by atoms with Crippen molar-refractivity contribution in [2.24, 2.45) is 23.7 Å². The Bertz CT molecular complexity index is 585. The molecular weight excluding hydrogens is 350 g/mol. The Balaban J connectivity index is 1.54. The molecule has 0 aromatic rings. The van der Waals surface area contributed by atoms with Crippen LogP contribution in [0.3, 0.4) is 0 Å². The number of fused-ring (bicyclic) bond motifs is 2. The van der Waals surface area contributed by atoms with Crippen molar-refractivity contribution in [3.63, 3.8) is 0 Å². The fraction of sp³-hybridized carbons (Fsp3) is 0.950. The van der Waals surface area contributed by atoms with Gasteiger partial charge in [-0.15, -0.1) is 0 Å². The van der Waals surface area contributed by atoms with Crippen molar-refractivity contribution in [2.45, 2.75) is 76.8 Å². The lowest BCUT2D eigenvalue weighted by atomic mass is 9.58. The SMILES string of the molecule is C[C@H]1C(OCCC(=O)N(C)C)O[C@@H]2OC3(C)CCC4[C@H](C)CCC1[C@]42OO3. The topological polar surface area (TPSA) is 66.5 Å². The van der Waals surface area contributed by atoms with Crippen LogP contribution in [0.4, 0.5) is 0 Å². The number of hydrogen-bond acceptors (Lipinski definition) is 6. The van der Waals surface area contributed by atoms with Gasteiger partial charge in [-0.1, -0.05) is 13.8 Å². The number of carbonyl (C=O) groups is 1. The van der Waals surface area contributed by atoms with E-state index in [9.17, 15) is 4.79 Å². The molecule has 4 unspecified atom stereocenters. The van der Waals surface area contributed by atoms with E-state index in [-0.39, 0.29) is 17.7 Å². The molecule has 0 aromatic carbocycles. The van der Waals surface area contributed by atoms with Crippen molar-refractivity contribution in [1.29, 1.82) is 0 Å². The third-order valence-electron chi connectivity index (χ3n) is 7.19. The highest BCUT2D eigenvalue weighted by atomic mass is 17.3. The van der Waals surface area contributed by atoms with E-state index in [1.165, 1.54) is 6.42 Å². The number of rotatable bonds is 4. The van der Waals surface area contributed by atoms with Crippen LogP contribution in [0.25, 0.3) is 0 Å². The first-order valence-corrected chi connectivity index (χ1v) is 10.3. The van der Waals surface area contributed by atoms with Gasteiger partial charge >= 0.3 is 0 Å². The Morgan fingerprint density at radius 3 is 2.67 bits per heavy atom. The molecule has 1 saturated carbocycles. The van der Waals surface area contributed by atoms with Crippen LogP contribution >= 0.6 is 0 Å². The molecule has 2 bridgehead atoms. The summed E-state index contributed by atoms with van der Waals surface area (Å²) in [4.78, 5) is 25.3. The van der Waals surface area contributed by atoms with Gasteiger partial charge in [0.25, 0.3) is 0 Å². The van der Waals surface area contributed by atoms with E-state index in [1.54, 1.807) is 19.0 Å². The quantitative estimate of drug-likeness (QED) is 0.696. The Hall–Kier alpha value is -0.730. The van der Waals surface area contributed by atoms with E-state index in [0.717, 1.165) is 19.3 Å². The summed E-state index contributed by atoms with van der Waals surface area (Å²) in [7, 11) is 3.51. The summed E-state index contributed by atoms with van der Waals surface area (Å²) in [6.45, 7) is 6.72. The van der Waals surface area contributed by atoms with Gasteiger partial charge in [0.1, 0.15) is 0 Å². The van der Waals surface area contributed by atoms with Gasteiger partial charge < -0.3 is 19.1 Å². The number of hydrogen-bond donors (Lipinski definition) is 0. The molecule has 1 amide bonds. The first-order chi connectivity index (χ1) is 12.8. The van der Waals surface area contributed by atoms with E-state index >= 15 is 0 Å². The van der Waals surface area contributed by atoms with Crippen LogP contribution in [0.5, 0.6) is 0 Å². The standard InChI is InChI=1S/C20H33NO6/c1-12-6-7-15-13(2)17(23-11-9-16(22)21(4)5)24-18-20(15)14(12)8-10-19(3,25-18)26-27-20/h12-15,17-18H,6-11H2,1-5H3/t12-,13-,14?,15?,17?,18-,19?,20-/m1/s1. The average Bonchev–Trinajstić information content (AvgIpc) is 2.85. The van der Waals surface area contributed by atoms with Crippen LogP contribution in [0.15, 0.2) is 0 Å². The predicted octanol–water partition coefficient (Wildman–Crippen LogP) is 2.69. The molecule has 0 N–H and O–H groups in total. The molecule has 0 aromatic heterocycles. The first-order valence-electron chi connectivity index (χ1n) is 10.3. The first kappa shape index (κ1) is 19.6. The summed E-state index contributed by atoms with van der Waals surface area (Å²) < 4.78 is 18.6. The molecule has 154 valence electrons. The van der Waals surface area contributed by atoms with Crippen molar-refractivity contribution in [3.05, 3.63) is 0 Å². The second-order valence-corrected chi connectivity index (χ2v) is 9.18. The maximum absolute atomic E-state index is 11.8. The van der Waals surface area contributed by atoms with Crippen LogP contribution in [-0.4, -0.2) is 55.5 Å². The van der Waals surface area contributed by atoms with Gasteiger partial charge in [0.2, 0.25) is 11.7 Å². The van der Waals surface area contributed by atoms with Crippen LogP contribution < -0.4 is 0 Å². The van der Waals surface area contributed by atoms with E-state index in [1.807, 2.05) is 6.92 Å². The zero-order chi connectivity index (χ0) is 19.4. The highest BCUT2D eigenvalue weighted by Gasteiger charge is 2.69. The van der Waals surface area contributed by atoms with Gasteiger partial charge in [-0.3, -0.25) is 4.79 Å². The number of nitrogens with zero attached hydrogens (tertiary/aromatic N) is 1. The van der Waals surface area contributed by atoms with Crippen molar-refractivity contribution in [1.82, 2.24) is 4.90 Å². The molecule has 5 aliphatic rings. The summed E-state index contributed by atoms with van der Waals surface area (Å²) in [5, 5.41) is 0. The molecule has 5 fully saturated rings. The minimum absolute atomic E-state index is 0.0514. The van der Waals surface area contributed by atoms with Gasteiger partial charge in [-0.25, -0.2) is 9.78 Å². The third-order valence-corrected chi connectivity index (χ3v) is 7.19. The maximum atomic E-state index is 11.8. The molecule has 4 aliphatic heterocycles. The molecule has 5 rings (SSSR count). The zero-order valence-corrected chi connectivity index (χ0v) is 17.1. The zero-order valence-electron chi connectivity index (χ0n) is 17.1. The summed E-state index contributed by atoms with van der Waals surface area (Å²) >= 11 is 0. The fourth-order valence-corrected chi connectivity index (χ4v) is 5.55. The van der Waals surface area contributed by atoms with Crippen molar-refractivity contribution < 1.29 is 28.8 Å². The monoisotopic (exact) mass is 383 g/mol. The van der Waals surface area contributed by atoms with E-state index in [4.69, 9.17) is 24.0 Å². The van der Waals surface area contributed by atoms with Crippen LogP contribution in [0, 0.1) is 23.7 Å². The molecule has 7 heteroatoms. The average molecular weight is 383 g/mol. The largest absolute Gasteiger partial charge is 0.352 e. The van der Waals surface area contributed by atoms with Crippen molar-refractivity contribution in [2.75, 3.05) is 20.7 Å². The lowest BCUT2D eigenvalue weighted by Gasteiger charge is -2.60. The normalized spacial score (nSPS) is 48.6. The van der Waals surface area contributed by atoms with Crippen LogP contribution in [0.1, 0.15) is 52.9 Å². The molecule has 1 aliphatic carbocycles. The Morgan fingerprint density at radius 2 is 1.93 bits per heavy atom. The Morgan fingerprint density at radius 1 is 1.15 bits per heavy atom. The fourth-order valence-electron chi connectivity index (χ4n) is 5.55. The lowest BCUT2D eigenvalue weighted by molar-refractivity contribution is -0.577. The third kappa shape index (κ3) is 3.12. The van der Waals surface area contributed by atoms with Gasteiger partial charge in [0, 0.05) is 32.4 Å². The van der Waals surface area contributed by atoms with Gasteiger partial charge in [0.05, 0.1) is 13.0 Å². The molecule has 4 saturated heterocycles. The molecule has 7 nitrogen and oxygen atoms in total. The molecule has 4 heterocycles.